The van der Waals surface area contributed by atoms with Gasteiger partial charge in [0.2, 0.25) is 0 Å². The van der Waals surface area contributed by atoms with E-state index in [9.17, 15) is 0 Å². The van der Waals surface area contributed by atoms with E-state index in [1.807, 2.05) is 0 Å². The van der Waals surface area contributed by atoms with Crippen LogP contribution in [0, 0.1) is 0 Å². The molecule has 0 aliphatic heterocycles. The maximum Gasteiger partial charge on any atom is -0.00201 e. The molecular formula is C94H60. The van der Waals surface area contributed by atoms with E-state index in [0.717, 1.165) is 0 Å². The van der Waals surface area contributed by atoms with Crippen LogP contribution in [0.2, 0.25) is 0 Å². The SMILES string of the molecule is c1ccc(-c2ccc3cc(-c4ccc5ccc(-c6c7ccccc7c(-c7cccc8ccccc78)c7ccccc67)cc5c4)ccc3c2)cc1.c1ccc2cc(-c3ccc4ccc(-c5c6ccccc6c(-c6cccc7ccccc67)c6ccccc56)cc4c3)ccc2c1. The van der Waals surface area contributed by atoms with Crippen LogP contribution < -0.4 is 0 Å². The van der Waals surface area contributed by atoms with Gasteiger partial charge in [0.25, 0.3) is 0 Å². The van der Waals surface area contributed by atoms with Gasteiger partial charge in [0.1, 0.15) is 0 Å². The molecule has 0 atom stereocenters. The molecule has 0 radical (unpaired) electrons. The zero-order valence-electron chi connectivity index (χ0n) is 51.6. The highest BCUT2D eigenvalue weighted by Crippen LogP contribution is 2.48. The Morgan fingerprint density at radius 1 is 0.106 bits per heavy atom. The molecule has 0 N–H and O–H groups in total. The van der Waals surface area contributed by atoms with E-state index in [2.05, 4.69) is 364 Å². The zero-order chi connectivity index (χ0) is 62.1. The van der Waals surface area contributed by atoms with Crippen LogP contribution in [0.4, 0.5) is 0 Å². The monoisotopic (exact) mass is 1190 g/mol. The zero-order valence-corrected chi connectivity index (χ0v) is 51.6. The van der Waals surface area contributed by atoms with Crippen molar-refractivity contribution < 1.29 is 0 Å². The van der Waals surface area contributed by atoms with Crippen LogP contribution in [0.25, 0.3) is 186 Å². The predicted molar refractivity (Wildman–Crippen MR) is 406 cm³/mol. The van der Waals surface area contributed by atoms with E-state index >= 15 is 0 Å². The van der Waals surface area contributed by atoms with Crippen LogP contribution in [0.1, 0.15) is 0 Å². The van der Waals surface area contributed by atoms with Gasteiger partial charge in [0.15, 0.2) is 0 Å². The van der Waals surface area contributed by atoms with Crippen LogP contribution >= 0.6 is 0 Å². The molecule has 19 aromatic carbocycles. The highest BCUT2D eigenvalue weighted by atomic mass is 14.2. The fourth-order valence-electron chi connectivity index (χ4n) is 15.1. The van der Waals surface area contributed by atoms with Gasteiger partial charge in [-0.15, -0.1) is 0 Å². The number of hydrogen-bond donors (Lipinski definition) is 0. The van der Waals surface area contributed by atoms with Gasteiger partial charge >= 0.3 is 0 Å². The lowest BCUT2D eigenvalue weighted by atomic mass is 9.84. The normalized spacial score (nSPS) is 11.6. The van der Waals surface area contributed by atoms with Crippen LogP contribution in [0.3, 0.4) is 0 Å². The molecule has 19 rings (SSSR count). The van der Waals surface area contributed by atoms with E-state index in [1.54, 1.807) is 0 Å². The van der Waals surface area contributed by atoms with Gasteiger partial charge in [-0.05, 0) is 228 Å². The Labute approximate surface area is 546 Å². The molecule has 94 heavy (non-hydrogen) atoms. The van der Waals surface area contributed by atoms with Gasteiger partial charge in [-0.25, -0.2) is 0 Å². The predicted octanol–water partition coefficient (Wildman–Crippen LogP) is 26.6. The van der Waals surface area contributed by atoms with E-state index < -0.39 is 0 Å². The summed E-state index contributed by atoms with van der Waals surface area (Å²) in [4.78, 5) is 0. The van der Waals surface area contributed by atoms with Crippen molar-refractivity contribution in [2.24, 2.45) is 0 Å². The van der Waals surface area contributed by atoms with Gasteiger partial charge in [-0.2, -0.15) is 0 Å². The molecule has 436 valence electrons. The summed E-state index contributed by atoms with van der Waals surface area (Å²) in [5.74, 6) is 0. The maximum atomic E-state index is 2.39. The molecule has 0 aromatic heterocycles. The summed E-state index contributed by atoms with van der Waals surface area (Å²) in [6.07, 6.45) is 0. The van der Waals surface area contributed by atoms with Crippen molar-refractivity contribution in [1.82, 2.24) is 0 Å². The van der Waals surface area contributed by atoms with Crippen molar-refractivity contribution in [2.75, 3.05) is 0 Å². The molecule has 0 heteroatoms. The number of fused-ring (bicyclic) bond motifs is 10. The quantitative estimate of drug-likeness (QED) is 0.140. The molecule has 0 saturated heterocycles. The Morgan fingerprint density at radius 3 is 0.723 bits per heavy atom. The smallest absolute Gasteiger partial charge is 0.00201 e. The Bertz CT molecular complexity index is 6100. The Hall–Kier alpha value is -12.2. The summed E-state index contributed by atoms with van der Waals surface area (Å²) in [7, 11) is 0. The molecule has 0 aliphatic carbocycles. The van der Waals surface area contributed by atoms with Crippen molar-refractivity contribution in [3.63, 3.8) is 0 Å². The van der Waals surface area contributed by atoms with E-state index in [0.29, 0.717) is 0 Å². The number of benzene rings is 19. The number of hydrogen-bond acceptors (Lipinski definition) is 0. The van der Waals surface area contributed by atoms with Gasteiger partial charge in [0, 0.05) is 0 Å². The summed E-state index contributed by atoms with van der Waals surface area (Å²) in [6, 6.07) is 134. The largest absolute Gasteiger partial charge is 0.0622 e. The van der Waals surface area contributed by atoms with Gasteiger partial charge in [-0.3, -0.25) is 0 Å². The number of rotatable bonds is 7. The third-order valence-electron chi connectivity index (χ3n) is 19.6. The standard InChI is InChI=1S/C50H32.C44H28/c1-2-11-33(12-3-1)36-24-25-38-30-39(27-26-37(38)29-36)40-23-21-34-22-28-41(32-42(34)31-40)49-45-16-6-8-18-47(45)50(48-19-9-7-17-46(48)49)44-20-10-14-35-13-4-5-15-43(35)44;1-2-12-32-26-33(23-20-29(32)10-1)34-24-21-30-22-25-35(28-36(30)27-34)43-39-15-5-7-17-41(39)44(42-18-8-6-16-40(42)43)38-19-9-13-31-11-3-4-14-37(31)38/h1-32H;1-28H. The minimum absolute atomic E-state index is 1.23. The Kier molecular flexibility index (Phi) is 13.3. The van der Waals surface area contributed by atoms with Gasteiger partial charge < -0.3 is 0 Å². The van der Waals surface area contributed by atoms with Crippen LogP contribution in [0.15, 0.2) is 364 Å². The minimum Gasteiger partial charge on any atom is -0.0622 e. The Morgan fingerprint density at radius 2 is 0.340 bits per heavy atom. The summed E-state index contributed by atoms with van der Waals surface area (Å²) >= 11 is 0. The fourth-order valence-corrected chi connectivity index (χ4v) is 15.1. The van der Waals surface area contributed by atoms with E-state index in [1.165, 1.54) is 186 Å². The summed E-state index contributed by atoms with van der Waals surface area (Å²) in [5, 5.41) is 25.3. The summed E-state index contributed by atoms with van der Waals surface area (Å²) in [5.41, 5.74) is 17.6. The van der Waals surface area contributed by atoms with E-state index in [-0.39, 0.29) is 0 Å². The van der Waals surface area contributed by atoms with E-state index in [4.69, 9.17) is 0 Å². The molecule has 19 aromatic rings. The van der Waals surface area contributed by atoms with Gasteiger partial charge in [-0.1, -0.05) is 322 Å². The first-order valence-electron chi connectivity index (χ1n) is 32.6. The Balaban J connectivity index is 0.000000139. The molecule has 0 aliphatic rings. The first-order valence-corrected chi connectivity index (χ1v) is 32.6. The van der Waals surface area contributed by atoms with Crippen molar-refractivity contribution in [3.8, 4) is 77.9 Å². The molecule has 0 saturated carbocycles. The summed E-state index contributed by atoms with van der Waals surface area (Å²) < 4.78 is 0. The third-order valence-corrected chi connectivity index (χ3v) is 19.6. The molecule has 0 fully saturated rings. The lowest BCUT2D eigenvalue weighted by Crippen LogP contribution is -1.91. The molecular weight excluding hydrogens is 1130 g/mol. The summed E-state index contributed by atoms with van der Waals surface area (Å²) in [6.45, 7) is 0. The second-order valence-electron chi connectivity index (χ2n) is 25.0. The second-order valence-corrected chi connectivity index (χ2v) is 25.0. The van der Waals surface area contributed by atoms with Crippen molar-refractivity contribution in [3.05, 3.63) is 364 Å². The molecule has 0 bridgehead atoms. The first-order chi connectivity index (χ1) is 46.6. The van der Waals surface area contributed by atoms with Crippen LogP contribution in [-0.4, -0.2) is 0 Å². The minimum atomic E-state index is 1.23. The van der Waals surface area contributed by atoms with Crippen LogP contribution in [0.5, 0.6) is 0 Å². The third kappa shape index (κ3) is 9.54. The average Bonchev–Trinajstić information content (AvgIpc) is 0.738. The maximum absolute atomic E-state index is 2.39. The fraction of sp³-hybridized carbons (Fsp3) is 0. The van der Waals surface area contributed by atoms with Crippen molar-refractivity contribution in [1.29, 1.82) is 0 Å². The van der Waals surface area contributed by atoms with Crippen molar-refractivity contribution >= 4 is 108 Å². The lowest BCUT2D eigenvalue weighted by Gasteiger charge is -2.19. The molecule has 0 spiro atoms. The first kappa shape index (κ1) is 54.7. The highest BCUT2D eigenvalue weighted by Gasteiger charge is 2.21. The molecule has 0 nitrogen and oxygen atoms in total. The lowest BCUT2D eigenvalue weighted by molar-refractivity contribution is 1.63. The molecule has 0 unspecified atom stereocenters. The topological polar surface area (TPSA) is 0 Å². The average molecular weight is 1190 g/mol. The second kappa shape index (κ2) is 22.9. The van der Waals surface area contributed by atoms with Crippen LogP contribution in [-0.2, 0) is 0 Å². The van der Waals surface area contributed by atoms with Crippen molar-refractivity contribution in [2.45, 2.75) is 0 Å². The van der Waals surface area contributed by atoms with Gasteiger partial charge in [0.05, 0.1) is 0 Å². The molecule has 0 heterocycles. The highest BCUT2D eigenvalue weighted by molar-refractivity contribution is 6.25. The molecule has 0 amide bonds.